The van der Waals surface area contributed by atoms with Gasteiger partial charge in [-0.25, -0.2) is 14.8 Å². The minimum absolute atomic E-state index is 0.0801. The third kappa shape index (κ3) is 19.1. The van der Waals surface area contributed by atoms with Crippen LogP contribution in [0.5, 0.6) is 23.0 Å². The van der Waals surface area contributed by atoms with Crippen LogP contribution in [0.4, 0.5) is 36.8 Å². The summed E-state index contributed by atoms with van der Waals surface area (Å²) < 4.78 is 96.6. The molecular weight excluding hydrogens is 1040 g/mol. The average molecular weight is 1090 g/mol. The Morgan fingerprint density at radius 2 is 1.08 bits per heavy atom. The van der Waals surface area contributed by atoms with E-state index in [-0.39, 0.29) is 73.1 Å². The number of thiazole rings is 2. The highest BCUT2D eigenvalue weighted by atomic mass is 32.1. The molecule has 2 aliphatic heterocycles. The summed E-state index contributed by atoms with van der Waals surface area (Å²) in [6.45, 7) is 9.78. The number of nitrogens with one attached hydrogen (secondary N) is 3. The maximum atomic E-state index is 13.0. The van der Waals surface area contributed by atoms with Crippen molar-refractivity contribution in [1.29, 1.82) is 0 Å². The third-order valence-electron chi connectivity index (χ3n) is 10.8. The number of anilines is 1. The van der Waals surface area contributed by atoms with Crippen molar-refractivity contribution in [2.75, 3.05) is 50.8 Å². The van der Waals surface area contributed by atoms with Gasteiger partial charge in [0.1, 0.15) is 50.0 Å². The summed E-state index contributed by atoms with van der Waals surface area (Å²) in [5, 5.41) is 12.5. The van der Waals surface area contributed by atoms with Crippen molar-refractivity contribution in [3.05, 3.63) is 111 Å². The number of ether oxygens (including phenoxy) is 5. The number of aromatic nitrogens is 2. The highest BCUT2D eigenvalue weighted by Gasteiger charge is 2.33. The molecule has 5 amide bonds. The lowest BCUT2D eigenvalue weighted by Gasteiger charge is -2.41. The third-order valence-corrected chi connectivity index (χ3v) is 12.5. The summed E-state index contributed by atoms with van der Waals surface area (Å²) >= 11 is 2.50. The van der Waals surface area contributed by atoms with Crippen LogP contribution in [-0.4, -0.2) is 126 Å². The second-order valence-electron chi connectivity index (χ2n) is 17.8. The molecule has 0 spiro atoms. The summed E-state index contributed by atoms with van der Waals surface area (Å²) in [5.41, 5.74) is 1.16. The van der Waals surface area contributed by atoms with Gasteiger partial charge in [-0.2, -0.15) is 0 Å². The number of piperazine rings is 1. The Balaban J connectivity index is 0.000000244. The van der Waals surface area contributed by atoms with E-state index in [9.17, 15) is 50.3 Å². The van der Waals surface area contributed by atoms with Gasteiger partial charge in [0.15, 0.2) is 13.2 Å². The number of hydrogen-bond donors (Lipinski definition) is 3. The normalized spacial score (nSPS) is 15.2. The van der Waals surface area contributed by atoms with Crippen molar-refractivity contribution in [3.8, 4) is 23.0 Å². The van der Waals surface area contributed by atoms with Gasteiger partial charge >= 0.3 is 18.8 Å². The molecule has 2 fully saturated rings. The summed E-state index contributed by atoms with van der Waals surface area (Å²) in [7, 11) is 0. The quantitative estimate of drug-likeness (QED) is 0.0805. The molecule has 0 radical (unpaired) electrons. The summed E-state index contributed by atoms with van der Waals surface area (Å²) in [6, 6.07) is 19.6. The summed E-state index contributed by atoms with van der Waals surface area (Å²) in [4.78, 5) is 76.3. The molecule has 0 aliphatic carbocycles. The molecule has 404 valence electrons. The molecule has 75 heavy (non-hydrogen) atoms. The number of benzene rings is 3. The molecule has 7 rings (SSSR count). The Bertz CT molecular complexity index is 2680. The number of halogens is 6. The van der Waals surface area contributed by atoms with Crippen molar-refractivity contribution in [3.63, 3.8) is 0 Å². The Morgan fingerprint density at radius 3 is 1.52 bits per heavy atom. The zero-order valence-corrected chi connectivity index (χ0v) is 42.6. The zero-order valence-electron chi connectivity index (χ0n) is 41.0. The largest absolute Gasteiger partial charge is 0.573 e. The number of likely N-dealkylation sites (tertiary alicyclic amines) is 1. The van der Waals surface area contributed by atoms with Gasteiger partial charge in [0.2, 0.25) is 0 Å². The van der Waals surface area contributed by atoms with Gasteiger partial charge in [-0.05, 0) is 101 Å². The molecule has 1 unspecified atom stereocenters. The van der Waals surface area contributed by atoms with Crippen molar-refractivity contribution >= 4 is 58.1 Å². The molecule has 0 bridgehead atoms. The van der Waals surface area contributed by atoms with Crippen LogP contribution in [0.2, 0.25) is 0 Å². The van der Waals surface area contributed by atoms with E-state index in [0.717, 1.165) is 36.5 Å². The van der Waals surface area contributed by atoms with E-state index in [2.05, 4.69) is 59.3 Å². The van der Waals surface area contributed by atoms with E-state index in [0.29, 0.717) is 54.7 Å². The number of carbonyl (C=O) groups excluding carboxylic acids is 5. The van der Waals surface area contributed by atoms with E-state index in [1.165, 1.54) is 46.9 Å². The van der Waals surface area contributed by atoms with Crippen LogP contribution in [0.15, 0.2) is 89.6 Å². The van der Waals surface area contributed by atoms with Crippen molar-refractivity contribution in [1.82, 2.24) is 35.7 Å². The van der Waals surface area contributed by atoms with Crippen LogP contribution in [0, 0.1) is 0 Å². The lowest BCUT2D eigenvalue weighted by atomic mass is 10.1. The van der Waals surface area contributed by atoms with Crippen LogP contribution >= 0.6 is 22.7 Å². The molecular formula is C49H54F6N8O10S2. The second kappa shape index (κ2) is 25.7. The van der Waals surface area contributed by atoms with Gasteiger partial charge in [-0.15, -0.1) is 49.0 Å². The standard InChI is InChI=1S/C25H25F3N4O4S.C24H29F3N4O6S/c1-17-14-31(11-12-32(17)18-5-3-2-4-6-18)24(34)21-16-37-23(30-21)13-29-22(33)15-35-19-7-9-20(10-8-19)36-25(26,27)28;1-23(2,3)37-22(34)29-15-8-10-31(11-9-15)21(33)18-14-38-20(30-18)12-28-19(32)13-35-16-4-6-17(7-5-16)36-24(25,26)27/h2-10,16-17H,11-15H2,1H3,(H,29,33);4-7,14-15H,8-13H2,1-3H3,(H,28,32)(H,29,34). The Hall–Kier alpha value is -7.35. The molecule has 1 atom stereocenters. The van der Waals surface area contributed by atoms with Crippen LogP contribution in [-0.2, 0) is 27.4 Å². The summed E-state index contributed by atoms with van der Waals surface area (Å²) in [6.07, 6.45) is -8.86. The van der Waals surface area contributed by atoms with Crippen LogP contribution < -0.4 is 39.8 Å². The number of amides is 5. The van der Waals surface area contributed by atoms with Gasteiger partial charge in [0, 0.05) is 61.3 Å². The molecule has 2 aliphatic rings. The predicted octanol–water partition coefficient (Wildman–Crippen LogP) is 7.95. The molecule has 4 heterocycles. The van der Waals surface area contributed by atoms with E-state index in [1.54, 1.807) is 41.3 Å². The number of alkyl halides is 6. The Morgan fingerprint density at radius 1 is 0.627 bits per heavy atom. The second-order valence-corrected chi connectivity index (χ2v) is 19.6. The van der Waals surface area contributed by atoms with Crippen molar-refractivity contribution in [2.45, 2.75) is 84.0 Å². The van der Waals surface area contributed by atoms with Gasteiger partial charge in [0.25, 0.3) is 23.6 Å². The molecule has 2 saturated heterocycles. The first kappa shape index (κ1) is 56.9. The van der Waals surface area contributed by atoms with Gasteiger partial charge in [-0.1, -0.05) is 18.2 Å². The highest BCUT2D eigenvalue weighted by molar-refractivity contribution is 7.10. The fourth-order valence-electron chi connectivity index (χ4n) is 7.37. The first-order valence-electron chi connectivity index (χ1n) is 23.2. The number of hydrogen-bond acceptors (Lipinski definition) is 15. The SMILES string of the molecule is CC(C)(C)OC(=O)NC1CCN(C(=O)c2csc(CNC(=O)COc3ccc(OC(F)(F)F)cc3)n2)CC1.CC1CN(C(=O)c2csc(CNC(=O)COc3ccc(OC(F)(F)F)cc3)n2)CCN1c1ccccc1. The minimum Gasteiger partial charge on any atom is -0.484 e. The maximum absolute atomic E-state index is 13.0. The van der Waals surface area contributed by atoms with Gasteiger partial charge in [0.05, 0.1) is 13.1 Å². The number of rotatable bonds is 16. The fraction of sp³-hybridized carbons (Fsp3) is 0.408. The smallest absolute Gasteiger partial charge is 0.484 e. The Labute approximate surface area is 435 Å². The molecule has 3 aromatic carbocycles. The number of para-hydroxylation sites is 1. The maximum Gasteiger partial charge on any atom is 0.573 e. The van der Waals surface area contributed by atoms with E-state index in [1.807, 2.05) is 18.2 Å². The monoisotopic (exact) mass is 1090 g/mol. The predicted molar refractivity (Wildman–Crippen MR) is 263 cm³/mol. The zero-order chi connectivity index (χ0) is 54.3. The number of piperidine rings is 1. The average Bonchev–Trinajstić information content (AvgIpc) is 4.04. The molecule has 2 aromatic heterocycles. The summed E-state index contributed by atoms with van der Waals surface area (Å²) in [5.74, 6) is -1.65. The van der Waals surface area contributed by atoms with Crippen molar-refractivity contribution in [2.24, 2.45) is 0 Å². The topological polar surface area (TPSA) is 203 Å². The van der Waals surface area contributed by atoms with E-state index < -0.39 is 42.0 Å². The fourth-order valence-corrected chi connectivity index (χ4v) is 8.79. The molecule has 18 nitrogen and oxygen atoms in total. The first-order chi connectivity index (χ1) is 35.4. The molecule has 5 aromatic rings. The number of alkyl carbamates (subject to hydrolysis) is 1. The lowest BCUT2D eigenvalue weighted by Crippen LogP contribution is -2.53. The van der Waals surface area contributed by atoms with Crippen LogP contribution in [0.1, 0.15) is 71.5 Å². The van der Waals surface area contributed by atoms with E-state index >= 15 is 0 Å². The number of carbonyl (C=O) groups is 5. The van der Waals surface area contributed by atoms with Gasteiger partial charge < -0.3 is 54.3 Å². The van der Waals surface area contributed by atoms with Crippen molar-refractivity contribution < 1.29 is 74.0 Å². The Kier molecular flexibility index (Phi) is 19.5. The lowest BCUT2D eigenvalue weighted by molar-refractivity contribution is -0.275. The minimum atomic E-state index is -4.79. The van der Waals surface area contributed by atoms with Gasteiger partial charge in [-0.3, -0.25) is 19.2 Å². The number of nitrogens with zero attached hydrogens (tertiary/aromatic N) is 5. The highest BCUT2D eigenvalue weighted by Crippen LogP contribution is 2.27. The molecule has 0 saturated carbocycles. The molecule has 26 heteroatoms. The first-order valence-corrected chi connectivity index (χ1v) is 25.0. The van der Waals surface area contributed by atoms with E-state index in [4.69, 9.17) is 14.2 Å². The van der Waals surface area contributed by atoms with Crippen LogP contribution in [0.25, 0.3) is 0 Å². The molecule has 3 N–H and O–H groups in total. The van der Waals surface area contributed by atoms with Crippen LogP contribution in [0.3, 0.4) is 0 Å².